The maximum absolute atomic E-state index is 12.2. The standard InChI is InChI=1S/C19H29Cl3N2O2/c1-3-4-5-6-7-8-9-14-17(25)24-18(19(20,21)22)23-15-12-10-11-13-16(15)26-2/h10-13,18,23H,3-9,14H2,1-2H3,(H,24,25). The number of anilines is 1. The molecular weight excluding hydrogens is 395 g/mol. The Hall–Kier alpha value is -0.840. The summed E-state index contributed by atoms with van der Waals surface area (Å²) in [5.41, 5.74) is 0.641. The van der Waals surface area contributed by atoms with E-state index in [4.69, 9.17) is 39.5 Å². The van der Waals surface area contributed by atoms with Gasteiger partial charge in [-0.1, -0.05) is 92.4 Å². The minimum atomic E-state index is -1.70. The smallest absolute Gasteiger partial charge is 0.228 e. The van der Waals surface area contributed by atoms with Gasteiger partial charge in [0, 0.05) is 6.42 Å². The SMILES string of the molecule is CCCCCCCCCC(=O)NC(Nc1ccccc1OC)C(Cl)(Cl)Cl. The van der Waals surface area contributed by atoms with Crippen molar-refractivity contribution >= 4 is 46.4 Å². The minimum Gasteiger partial charge on any atom is -0.495 e. The highest BCUT2D eigenvalue weighted by molar-refractivity contribution is 6.68. The normalized spacial score (nSPS) is 12.5. The minimum absolute atomic E-state index is 0.141. The van der Waals surface area contributed by atoms with Gasteiger partial charge < -0.3 is 15.4 Å². The van der Waals surface area contributed by atoms with Crippen LogP contribution in [0.3, 0.4) is 0 Å². The molecule has 0 saturated heterocycles. The Morgan fingerprint density at radius 3 is 2.31 bits per heavy atom. The fourth-order valence-corrected chi connectivity index (χ4v) is 2.92. The van der Waals surface area contributed by atoms with Crippen molar-refractivity contribution < 1.29 is 9.53 Å². The maximum Gasteiger partial charge on any atom is 0.228 e. The van der Waals surface area contributed by atoms with Crippen LogP contribution >= 0.6 is 34.8 Å². The van der Waals surface area contributed by atoms with E-state index in [1.54, 1.807) is 19.2 Å². The van der Waals surface area contributed by atoms with Crippen molar-refractivity contribution in [3.8, 4) is 5.75 Å². The summed E-state index contributed by atoms with van der Waals surface area (Å²) < 4.78 is 3.58. The molecule has 1 atom stereocenters. The highest BCUT2D eigenvalue weighted by atomic mass is 35.6. The molecule has 7 heteroatoms. The van der Waals surface area contributed by atoms with Crippen LogP contribution in [0.1, 0.15) is 58.3 Å². The topological polar surface area (TPSA) is 50.4 Å². The first-order chi connectivity index (χ1) is 12.4. The first kappa shape index (κ1) is 23.2. The predicted molar refractivity (Wildman–Crippen MR) is 111 cm³/mol. The van der Waals surface area contributed by atoms with E-state index in [0.717, 1.165) is 19.3 Å². The van der Waals surface area contributed by atoms with Crippen molar-refractivity contribution in [3.63, 3.8) is 0 Å². The highest BCUT2D eigenvalue weighted by Gasteiger charge is 2.34. The number of hydrogen-bond donors (Lipinski definition) is 2. The lowest BCUT2D eigenvalue weighted by molar-refractivity contribution is -0.121. The van der Waals surface area contributed by atoms with Gasteiger partial charge in [-0.3, -0.25) is 4.79 Å². The summed E-state index contributed by atoms with van der Waals surface area (Å²) in [5.74, 6) is 0.463. The van der Waals surface area contributed by atoms with Gasteiger partial charge in [0.25, 0.3) is 0 Å². The zero-order chi connectivity index (χ0) is 19.4. The Labute approximate surface area is 171 Å². The molecule has 0 heterocycles. The van der Waals surface area contributed by atoms with E-state index in [1.165, 1.54) is 25.7 Å². The largest absolute Gasteiger partial charge is 0.495 e. The van der Waals surface area contributed by atoms with E-state index < -0.39 is 9.96 Å². The molecule has 1 rings (SSSR count). The number of carbonyl (C=O) groups excluding carboxylic acids is 1. The number of nitrogens with one attached hydrogen (secondary N) is 2. The third-order valence-electron chi connectivity index (χ3n) is 4.05. The molecule has 1 aromatic carbocycles. The van der Waals surface area contributed by atoms with E-state index >= 15 is 0 Å². The molecule has 1 unspecified atom stereocenters. The molecule has 26 heavy (non-hydrogen) atoms. The van der Waals surface area contributed by atoms with E-state index in [0.29, 0.717) is 17.9 Å². The molecule has 0 fully saturated rings. The van der Waals surface area contributed by atoms with Crippen molar-refractivity contribution in [1.29, 1.82) is 0 Å². The Morgan fingerprint density at radius 2 is 1.69 bits per heavy atom. The van der Waals surface area contributed by atoms with Crippen molar-refractivity contribution in [3.05, 3.63) is 24.3 Å². The van der Waals surface area contributed by atoms with Crippen LogP contribution in [0.25, 0.3) is 0 Å². The van der Waals surface area contributed by atoms with Crippen LogP contribution in [-0.4, -0.2) is 23.0 Å². The molecule has 0 aliphatic carbocycles. The molecular formula is C19H29Cl3N2O2. The van der Waals surface area contributed by atoms with Crippen LogP contribution < -0.4 is 15.4 Å². The van der Waals surface area contributed by atoms with E-state index in [9.17, 15) is 4.79 Å². The third-order valence-corrected chi connectivity index (χ3v) is 4.70. The molecule has 4 nitrogen and oxygen atoms in total. The Kier molecular flexibility index (Phi) is 11.2. The van der Waals surface area contributed by atoms with Crippen LogP contribution in [0.4, 0.5) is 5.69 Å². The first-order valence-electron chi connectivity index (χ1n) is 9.14. The van der Waals surface area contributed by atoms with Gasteiger partial charge in [0.1, 0.15) is 11.9 Å². The molecule has 0 aliphatic heterocycles. The molecule has 1 aromatic rings. The summed E-state index contributed by atoms with van der Waals surface area (Å²) in [4.78, 5) is 12.2. The monoisotopic (exact) mass is 422 g/mol. The first-order valence-corrected chi connectivity index (χ1v) is 10.3. The quantitative estimate of drug-likeness (QED) is 0.244. The van der Waals surface area contributed by atoms with Crippen molar-refractivity contribution in [2.75, 3.05) is 12.4 Å². The molecule has 0 aliphatic rings. The zero-order valence-electron chi connectivity index (χ0n) is 15.5. The van der Waals surface area contributed by atoms with Crippen molar-refractivity contribution in [2.24, 2.45) is 0 Å². The fourth-order valence-electron chi connectivity index (χ4n) is 2.59. The summed E-state index contributed by atoms with van der Waals surface area (Å²) in [7, 11) is 1.56. The van der Waals surface area contributed by atoms with Gasteiger partial charge in [-0.05, 0) is 18.6 Å². The molecule has 0 radical (unpaired) electrons. The van der Waals surface area contributed by atoms with Crippen LogP contribution in [-0.2, 0) is 4.79 Å². The predicted octanol–water partition coefficient (Wildman–Crippen LogP) is 6.06. The Morgan fingerprint density at radius 1 is 1.08 bits per heavy atom. The number of carbonyl (C=O) groups is 1. The second kappa shape index (κ2) is 12.5. The molecule has 0 saturated carbocycles. The lowest BCUT2D eigenvalue weighted by Gasteiger charge is -2.28. The average Bonchev–Trinajstić information content (AvgIpc) is 2.60. The van der Waals surface area contributed by atoms with Gasteiger partial charge in [0.05, 0.1) is 12.8 Å². The number of amides is 1. The molecule has 2 N–H and O–H groups in total. The number of hydrogen-bond acceptors (Lipinski definition) is 3. The van der Waals surface area contributed by atoms with E-state index in [2.05, 4.69) is 17.6 Å². The number of ether oxygens (including phenoxy) is 1. The fraction of sp³-hybridized carbons (Fsp3) is 0.632. The van der Waals surface area contributed by atoms with Crippen LogP contribution in [0.5, 0.6) is 5.75 Å². The zero-order valence-corrected chi connectivity index (χ0v) is 17.8. The maximum atomic E-state index is 12.2. The van der Waals surface area contributed by atoms with Crippen LogP contribution in [0.2, 0.25) is 0 Å². The summed E-state index contributed by atoms with van der Waals surface area (Å²) in [5, 5.41) is 5.81. The van der Waals surface area contributed by atoms with Crippen LogP contribution in [0, 0.1) is 0 Å². The molecule has 0 bridgehead atoms. The number of unbranched alkanes of at least 4 members (excludes halogenated alkanes) is 6. The summed E-state index contributed by atoms with van der Waals surface area (Å²) in [6.45, 7) is 2.20. The molecule has 148 valence electrons. The van der Waals surface area contributed by atoms with Crippen molar-refractivity contribution in [2.45, 2.75) is 68.2 Å². The summed E-state index contributed by atoms with van der Waals surface area (Å²) >= 11 is 18.1. The van der Waals surface area contributed by atoms with Gasteiger partial charge >= 0.3 is 0 Å². The lowest BCUT2D eigenvalue weighted by atomic mass is 10.1. The Balaban J connectivity index is 2.48. The molecule has 0 aromatic heterocycles. The van der Waals surface area contributed by atoms with Gasteiger partial charge in [-0.15, -0.1) is 0 Å². The molecule has 0 spiro atoms. The van der Waals surface area contributed by atoms with Gasteiger partial charge in [0.15, 0.2) is 0 Å². The van der Waals surface area contributed by atoms with E-state index in [1.807, 2.05) is 12.1 Å². The number of methoxy groups -OCH3 is 1. The number of rotatable bonds is 12. The van der Waals surface area contributed by atoms with Gasteiger partial charge in [0.2, 0.25) is 9.70 Å². The van der Waals surface area contributed by atoms with Gasteiger partial charge in [-0.25, -0.2) is 0 Å². The van der Waals surface area contributed by atoms with Crippen molar-refractivity contribution in [1.82, 2.24) is 5.32 Å². The molecule has 1 amide bonds. The number of para-hydroxylation sites is 2. The number of halogens is 3. The summed E-state index contributed by atoms with van der Waals surface area (Å²) in [6, 6.07) is 7.26. The van der Waals surface area contributed by atoms with E-state index in [-0.39, 0.29) is 5.91 Å². The second-order valence-electron chi connectivity index (χ2n) is 6.26. The second-order valence-corrected chi connectivity index (χ2v) is 8.63. The third kappa shape index (κ3) is 9.20. The number of benzene rings is 1. The lowest BCUT2D eigenvalue weighted by Crippen LogP contribution is -2.49. The average molecular weight is 424 g/mol. The highest BCUT2D eigenvalue weighted by Crippen LogP contribution is 2.33. The Bertz CT molecular complexity index is 536. The van der Waals surface area contributed by atoms with Gasteiger partial charge in [-0.2, -0.15) is 0 Å². The summed E-state index contributed by atoms with van der Waals surface area (Å²) in [6.07, 6.45) is 7.58. The van der Waals surface area contributed by atoms with Crippen LogP contribution in [0.15, 0.2) is 24.3 Å². The number of alkyl halides is 3.